The molecule has 0 aromatic carbocycles. The van der Waals surface area contributed by atoms with Crippen molar-refractivity contribution in [2.75, 3.05) is 6.54 Å². The minimum absolute atomic E-state index is 0.0173. The molecule has 24 heavy (non-hydrogen) atoms. The van der Waals surface area contributed by atoms with Crippen LogP contribution in [-0.2, 0) is 9.59 Å². The van der Waals surface area contributed by atoms with Crippen molar-refractivity contribution in [2.24, 2.45) is 11.8 Å². The van der Waals surface area contributed by atoms with Crippen molar-refractivity contribution in [1.82, 2.24) is 10.6 Å². The van der Waals surface area contributed by atoms with Crippen molar-refractivity contribution >= 4 is 11.8 Å². The highest BCUT2D eigenvalue weighted by Gasteiger charge is 2.30. The van der Waals surface area contributed by atoms with E-state index in [9.17, 15) is 9.59 Å². The van der Waals surface area contributed by atoms with Crippen LogP contribution in [0.3, 0.4) is 0 Å². The summed E-state index contributed by atoms with van der Waals surface area (Å²) in [6.45, 7) is 14.5. The van der Waals surface area contributed by atoms with Crippen LogP contribution in [0.15, 0.2) is 35.5 Å². The molecular weight excluding hydrogens is 300 g/mol. The first-order valence-electron chi connectivity index (χ1n) is 8.74. The molecule has 1 rings (SSSR count). The molecule has 0 spiro atoms. The molecule has 1 saturated heterocycles. The molecule has 1 aliphatic heterocycles. The van der Waals surface area contributed by atoms with Crippen molar-refractivity contribution in [3.63, 3.8) is 0 Å². The SMILES string of the molecule is C=C[C@H](C[C@@H]1CCNC1=O)[C@H](CC=C(C)C)NC(=O)C(C)=C(C)C. The second-order valence-corrected chi connectivity index (χ2v) is 7.13. The van der Waals surface area contributed by atoms with Crippen LogP contribution in [0.5, 0.6) is 0 Å². The van der Waals surface area contributed by atoms with Gasteiger partial charge in [0.05, 0.1) is 0 Å². The Kier molecular flexibility index (Phi) is 7.96. The van der Waals surface area contributed by atoms with Crippen LogP contribution >= 0.6 is 0 Å². The van der Waals surface area contributed by atoms with Gasteiger partial charge in [0, 0.05) is 24.1 Å². The van der Waals surface area contributed by atoms with Gasteiger partial charge in [-0.3, -0.25) is 9.59 Å². The maximum atomic E-state index is 12.5. The largest absolute Gasteiger partial charge is 0.356 e. The van der Waals surface area contributed by atoms with E-state index in [2.05, 4.69) is 23.3 Å². The number of rotatable bonds is 8. The van der Waals surface area contributed by atoms with Gasteiger partial charge in [0.15, 0.2) is 0 Å². The Morgan fingerprint density at radius 3 is 2.46 bits per heavy atom. The summed E-state index contributed by atoms with van der Waals surface area (Å²) in [7, 11) is 0. The van der Waals surface area contributed by atoms with Gasteiger partial charge in [-0.15, -0.1) is 6.58 Å². The van der Waals surface area contributed by atoms with Gasteiger partial charge in [-0.2, -0.15) is 0 Å². The Morgan fingerprint density at radius 2 is 2.00 bits per heavy atom. The molecule has 134 valence electrons. The molecule has 0 aromatic rings. The third-order valence-corrected chi connectivity index (χ3v) is 4.73. The summed E-state index contributed by atoms with van der Waals surface area (Å²) in [5.41, 5.74) is 2.98. The van der Waals surface area contributed by atoms with E-state index >= 15 is 0 Å². The molecule has 0 unspecified atom stereocenters. The summed E-state index contributed by atoms with van der Waals surface area (Å²) in [5, 5.41) is 6.03. The van der Waals surface area contributed by atoms with Gasteiger partial charge in [-0.1, -0.05) is 23.3 Å². The number of carbonyl (C=O) groups excluding carboxylic acids is 2. The van der Waals surface area contributed by atoms with Crippen molar-refractivity contribution in [3.05, 3.63) is 35.5 Å². The van der Waals surface area contributed by atoms with E-state index in [0.717, 1.165) is 37.0 Å². The van der Waals surface area contributed by atoms with Crippen molar-refractivity contribution in [1.29, 1.82) is 0 Å². The fourth-order valence-corrected chi connectivity index (χ4v) is 2.83. The molecule has 1 fully saturated rings. The zero-order valence-corrected chi connectivity index (χ0v) is 15.7. The zero-order valence-electron chi connectivity index (χ0n) is 15.7. The van der Waals surface area contributed by atoms with Crippen LogP contribution in [0.4, 0.5) is 0 Å². The summed E-state index contributed by atoms with van der Waals surface area (Å²) in [5.74, 6) is 0.173. The smallest absolute Gasteiger partial charge is 0.247 e. The van der Waals surface area contributed by atoms with E-state index in [1.165, 1.54) is 5.57 Å². The average Bonchev–Trinajstić information content (AvgIpc) is 2.92. The third-order valence-electron chi connectivity index (χ3n) is 4.73. The summed E-state index contributed by atoms with van der Waals surface area (Å²) in [6.07, 6.45) is 6.35. The van der Waals surface area contributed by atoms with Gasteiger partial charge >= 0.3 is 0 Å². The Labute approximate surface area is 146 Å². The summed E-state index contributed by atoms with van der Waals surface area (Å²) in [4.78, 5) is 24.3. The van der Waals surface area contributed by atoms with Gasteiger partial charge < -0.3 is 10.6 Å². The number of hydrogen-bond acceptors (Lipinski definition) is 2. The Balaban J connectivity index is 2.90. The fourth-order valence-electron chi connectivity index (χ4n) is 2.83. The maximum Gasteiger partial charge on any atom is 0.247 e. The summed E-state index contributed by atoms with van der Waals surface area (Å²) < 4.78 is 0. The van der Waals surface area contributed by atoms with Crippen molar-refractivity contribution < 1.29 is 9.59 Å². The van der Waals surface area contributed by atoms with E-state index in [4.69, 9.17) is 0 Å². The normalized spacial score (nSPS) is 19.0. The summed E-state index contributed by atoms with van der Waals surface area (Å²) in [6, 6.07) is -0.0485. The minimum atomic E-state index is -0.0485. The van der Waals surface area contributed by atoms with Gasteiger partial charge in [0.2, 0.25) is 11.8 Å². The first-order valence-corrected chi connectivity index (χ1v) is 8.74. The van der Waals surface area contributed by atoms with Gasteiger partial charge in [-0.05, 0) is 59.8 Å². The molecule has 4 heteroatoms. The predicted molar refractivity (Wildman–Crippen MR) is 99.4 cm³/mol. The highest BCUT2D eigenvalue weighted by Crippen LogP contribution is 2.25. The lowest BCUT2D eigenvalue weighted by molar-refractivity contribution is -0.122. The average molecular weight is 332 g/mol. The lowest BCUT2D eigenvalue weighted by Crippen LogP contribution is -2.41. The predicted octanol–water partition coefficient (Wildman–Crippen LogP) is 3.51. The van der Waals surface area contributed by atoms with Crippen LogP contribution in [-0.4, -0.2) is 24.4 Å². The number of carbonyl (C=O) groups is 2. The van der Waals surface area contributed by atoms with E-state index in [0.29, 0.717) is 0 Å². The van der Waals surface area contributed by atoms with Crippen LogP contribution in [0.1, 0.15) is 53.9 Å². The number of nitrogens with one attached hydrogen (secondary N) is 2. The quantitative estimate of drug-likeness (QED) is 0.528. The third kappa shape index (κ3) is 5.99. The molecule has 4 nitrogen and oxygen atoms in total. The number of amides is 2. The molecule has 2 amide bonds. The zero-order chi connectivity index (χ0) is 18.3. The first-order chi connectivity index (χ1) is 11.3. The molecular formula is C20H32N2O2. The van der Waals surface area contributed by atoms with Crippen LogP contribution < -0.4 is 10.6 Å². The van der Waals surface area contributed by atoms with Gasteiger partial charge in [0.25, 0.3) is 0 Å². The second-order valence-electron chi connectivity index (χ2n) is 7.13. The van der Waals surface area contributed by atoms with Crippen molar-refractivity contribution in [2.45, 2.75) is 59.9 Å². The maximum absolute atomic E-state index is 12.5. The molecule has 0 bridgehead atoms. The van der Waals surface area contributed by atoms with E-state index in [1.54, 1.807) is 0 Å². The molecule has 0 aromatic heterocycles. The molecule has 1 heterocycles. The van der Waals surface area contributed by atoms with E-state index in [-0.39, 0.29) is 29.7 Å². The van der Waals surface area contributed by atoms with E-state index in [1.807, 2.05) is 40.7 Å². The topological polar surface area (TPSA) is 58.2 Å². The van der Waals surface area contributed by atoms with Crippen LogP contribution in [0.2, 0.25) is 0 Å². The Bertz CT molecular complexity index is 538. The molecule has 1 aliphatic rings. The molecule has 0 saturated carbocycles. The van der Waals surface area contributed by atoms with Crippen molar-refractivity contribution in [3.8, 4) is 0 Å². The highest BCUT2D eigenvalue weighted by molar-refractivity contribution is 5.93. The lowest BCUT2D eigenvalue weighted by atomic mass is 9.86. The minimum Gasteiger partial charge on any atom is -0.356 e. The second kappa shape index (κ2) is 9.45. The number of hydrogen-bond donors (Lipinski definition) is 2. The highest BCUT2D eigenvalue weighted by atomic mass is 16.2. The van der Waals surface area contributed by atoms with Gasteiger partial charge in [0.1, 0.15) is 0 Å². The summed E-state index contributed by atoms with van der Waals surface area (Å²) >= 11 is 0. The molecule has 3 atom stereocenters. The monoisotopic (exact) mass is 332 g/mol. The standard InChI is InChI=1S/C20H32N2O2/c1-7-16(12-17-10-11-21-20(17)24)18(9-8-13(2)3)22-19(23)15(6)14(4)5/h7-8,16-18H,1,9-12H2,2-6H3,(H,21,24)(H,22,23)/t16-,17+,18+/m1/s1. The fraction of sp³-hybridized carbons (Fsp3) is 0.600. The molecule has 0 radical (unpaired) electrons. The Morgan fingerprint density at radius 1 is 1.33 bits per heavy atom. The van der Waals surface area contributed by atoms with Crippen LogP contribution in [0.25, 0.3) is 0 Å². The van der Waals surface area contributed by atoms with E-state index < -0.39 is 0 Å². The Hall–Kier alpha value is -1.84. The van der Waals surface area contributed by atoms with Gasteiger partial charge in [-0.25, -0.2) is 0 Å². The number of allylic oxidation sites excluding steroid dienone is 2. The molecule has 0 aliphatic carbocycles. The van der Waals surface area contributed by atoms with Crippen LogP contribution in [0, 0.1) is 11.8 Å². The molecule has 2 N–H and O–H groups in total. The lowest BCUT2D eigenvalue weighted by Gasteiger charge is -2.27. The first kappa shape index (κ1) is 20.2.